The Bertz CT molecular complexity index is 1220. The zero-order valence-corrected chi connectivity index (χ0v) is 18.7. The molecule has 0 amide bonds. The van der Waals surface area contributed by atoms with Gasteiger partial charge in [0.25, 0.3) is 0 Å². The predicted molar refractivity (Wildman–Crippen MR) is 123 cm³/mol. The van der Waals surface area contributed by atoms with Crippen molar-refractivity contribution >= 4 is 24.3 Å². The van der Waals surface area contributed by atoms with E-state index in [1.807, 2.05) is 24.3 Å². The van der Waals surface area contributed by atoms with Crippen LogP contribution in [-0.4, -0.2) is 44.6 Å². The summed E-state index contributed by atoms with van der Waals surface area (Å²) in [6, 6.07) is 13.0. The summed E-state index contributed by atoms with van der Waals surface area (Å²) in [6.07, 6.45) is 1.57. The van der Waals surface area contributed by atoms with Crippen molar-refractivity contribution in [3.05, 3.63) is 52.3 Å². The van der Waals surface area contributed by atoms with Crippen molar-refractivity contribution < 1.29 is 18.9 Å². The maximum absolute atomic E-state index is 9.86. The molecule has 3 aromatic rings. The van der Waals surface area contributed by atoms with Gasteiger partial charge in [0.15, 0.2) is 22.1 Å². The normalized spacial score (nSPS) is 10.5. The second-order valence-corrected chi connectivity index (χ2v) is 6.67. The molecule has 0 radical (unpaired) electrons. The summed E-state index contributed by atoms with van der Waals surface area (Å²) in [5, 5.41) is 14.1. The van der Waals surface area contributed by atoms with Crippen LogP contribution in [0.25, 0.3) is 11.3 Å². The monoisotopic (exact) mass is 451 g/mol. The molecule has 0 aliphatic heterocycles. The molecule has 9 nitrogen and oxygen atoms in total. The van der Waals surface area contributed by atoms with Crippen molar-refractivity contribution in [2.24, 2.45) is 5.10 Å². The van der Waals surface area contributed by atoms with Gasteiger partial charge >= 0.3 is 0 Å². The van der Waals surface area contributed by atoms with E-state index < -0.39 is 0 Å². The molecule has 10 heteroatoms. The Morgan fingerprint density at radius 1 is 1.03 bits per heavy atom. The summed E-state index contributed by atoms with van der Waals surface area (Å²) in [5.41, 5.74) is 4.80. The highest BCUT2D eigenvalue weighted by molar-refractivity contribution is 7.71. The molecule has 0 atom stereocenters. The molecule has 0 unspecified atom stereocenters. The third kappa shape index (κ3) is 4.63. The number of nitrogens with one attached hydrogen (secondary N) is 2. The van der Waals surface area contributed by atoms with Crippen molar-refractivity contribution in [2.75, 3.05) is 33.9 Å². The first-order valence-electron chi connectivity index (χ1n) is 9.33. The number of aromatic amines is 1. The van der Waals surface area contributed by atoms with Gasteiger partial charge in [-0.1, -0.05) is 12.1 Å². The van der Waals surface area contributed by atoms with Gasteiger partial charge in [-0.25, -0.2) is 0 Å². The molecule has 0 bridgehead atoms. The number of para-hydroxylation sites is 1. The third-order valence-electron chi connectivity index (χ3n) is 4.51. The number of nitriles is 1. The van der Waals surface area contributed by atoms with Gasteiger partial charge < -0.3 is 23.9 Å². The molecule has 0 aliphatic rings. The summed E-state index contributed by atoms with van der Waals surface area (Å²) < 4.78 is 21.7. The lowest BCUT2D eigenvalue weighted by atomic mass is 10.1. The highest BCUT2D eigenvalue weighted by Gasteiger charge is 2.19. The second-order valence-electron chi connectivity index (χ2n) is 6.28. The van der Waals surface area contributed by atoms with Gasteiger partial charge in [0.1, 0.15) is 17.4 Å². The number of H-pyrrole nitrogens is 1. The first-order valence-corrected chi connectivity index (χ1v) is 9.74. The van der Waals surface area contributed by atoms with Gasteiger partial charge in [-0.3, -0.25) is 5.43 Å². The molecule has 3 rings (SSSR count). The number of aromatic nitrogens is 2. The summed E-state index contributed by atoms with van der Waals surface area (Å²) in [6.45, 7) is 0. The summed E-state index contributed by atoms with van der Waals surface area (Å²) in [4.78, 5) is 7.18. The number of anilines is 1. The molecule has 0 saturated carbocycles. The van der Waals surface area contributed by atoms with Crippen LogP contribution in [-0.2, 0) is 0 Å². The Morgan fingerprint density at radius 2 is 1.69 bits per heavy atom. The first kappa shape index (κ1) is 22.6. The molecule has 164 valence electrons. The molecule has 1 aromatic heterocycles. The van der Waals surface area contributed by atoms with E-state index >= 15 is 0 Å². The Kier molecular flexibility index (Phi) is 7.25. The minimum absolute atomic E-state index is 0.169. The number of benzene rings is 2. The maximum Gasteiger partial charge on any atom is 0.203 e. The van der Waals surface area contributed by atoms with E-state index in [0.29, 0.717) is 34.3 Å². The minimum atomic E-state index is 0.169. The molecule has 2 aromatic carbocycles. The molecular formula is C22H21N5O4S. The van der Waals surface area contributed by atoms with Gasteiger partial charge in [-0.2, -0.15) is 15.3 Å². The molecule has 0 saturated heterocycles. The summed E-state index contributed by atoms with van der Waals surface area (Å²) in [5.74, 6) is 2.17. The lowest BCUT2D eigenvalue weighted by Gasteiger charge is -2.15. The highest BCUT2D eigenvalue weighted by Crippen LogP contribution is 2.41. The van der Waals surface area contributed by atoms with Crippen LogP contribution in [0.15, 0.2) is 41.5 Å². The number of hydrogen-bond acceptors (Lipinski definition) is 9. The SMILES string of the molecule is COc1ccccc1/C=N/Nc1nc(=S)[nH]c(-c2cc(OC)c(OC)c(OC)c2)c1C#N. The van der Waals surface area contributed by atoms with Crippen LogP contribution in [0.2, 0.25) is 0 Å². The number of nitrogens with zero attached hydrogens (tertiary/aromatic N) is 3. The first-order chi connectivity index (χ1) is 15.6. The molecule has 1 heterocycles. The Morgan fingerprint density at radius 3 is 2.28 bits per heavy atom. The van der Waals surface area contributed by atoms with Crippen LogP contribution in [0.5, 0.6) is 23.0 Å². The van der Waals surface area contributed by atoms with Gasteiger partial charge in [-0.05, 0) is 36.5 Å². The number of ether oxygens (including phenoxy) is 4. The largest absolute Gasteiger partial charge is 0.496 e. The van der Waals surface area contributed by atoms with E-state index in [4.69, 9.17) is 31.2 Å². The van der Waals surface area contributed by atoms with Crippen molar-refractivity contribution in [3.63, 3.8) is 0 Å². The minimum Gasteiger partial charge on any atom is -0.496 e. The molecule has 32 heavy (non-hydrogen) atoms. The van der Waals surface area contributed by atoms with Crippen LogP contribution in [0.1, 0.15) is 11.1 Å². The topological polar surface area (TPSA) is 114 Å². The van der Waals surface area contributed by atoms with Crippen LogP contribution < -0.4 is 24.4 Å². The fourth-order valence-corrected chi connectivity index (χ4v) is 3.23. The molecule has 0 fully saturated rings. The lowest BCUT2D eigenvalue weighted by molar-refractivity contribution is 0.324. The van der Waals surface area contributed by atoms with Gasteiger partial charge in [0, 0.05) is 11.1 Å². The average molecular weight is 452 g/mol. The van der Waals surface area contributed by atoms with E-state index in [-0.39, 0.29) is 16.2 Å². The van der Waals surface area contributed by atoms with Crippen molar-refractivity contribution in [1.29, 1.82) is 5.26 Å². The summed E-state index contributed by atoms with van der Waals surface area (Å²) in [7, 11) is 6.12. The fraction of sp³-hybridized carbons (Fsp3) is 0.182. The quantitative estimate of drug-likeness (QED) is 0.298. The van der Waals surface area contributed by atoms with E-state index in [1.165, 1.54) is 21.3 Å². The van der Waals surface area contributed by atoms with Gasteiger partial charge in [0.05, 0.1) is 40.3 Å². The zero-order valence-electron chi connectivity index (χ0n) is 17.9. The molecular weight excluding hydrogens is 430 g/mol. The Hall–Kier alpha value is -4.10. The van der Waals surface area contributed by atoms with Crippen LogP contribution >= 0.6 is 12.2 Å². The number of hydrazone groups is 1. The van der Waals surface area contributed by atoms with Crippen molar-refractivity contribution in [3.8, 4) is 40.3 Å². The predicted octanol–water partition coefficient (Wildman–Crippen LogP) is 4.16. The average Bonchev–Trinajstić information content (AvgIpc) is 2.82. The van der Waals surface area contributed by atoms with Crippen molar-refractivity contribution in [1.82, 2.24) is 9.97 Å². The number of hydrogen-bond donors (Lipinski definition) is 2. The maximum atomic E-state index is 9.86. The molecule has 2 N–H and O–H groups in total. The van der Waals surface area contributed by atoms with E-state index in [1.54, 1.807) is 25.5 Å². The van der Waals surface area contributed by atoms with Crippen LogP contribution in [0, 0.1) is 16.1 Å². The lowest BCUT2D eigenvalue weighted by Crippen LogP contribution is -2.03. The Balaban J connectivity index is 2.06. The number of methoxy groups -OCH3 is 4. The van der Waals surface area contributed by atoms with E-state index in [2.05, 4.69) is 26.6 Å². The van der Waals surface area contributed by atoms with E-state index in [9.17, 15) is 5.26 Å². The van der Waals surface area contributed by atoms with Gasteiger partial charge in [0.2, 0.25) is 5.75 Å². The molecule has 0 spiro atoms. The summed E-state index contributed by atoms with van der Waals surface area (Å²) >= 11 is 5.27. The standard InChI is InChI=1S/C22H21N5O4S/c1-28-16-8-6-5-7-13(16)12-24-27-21-15(11-23)19(25-22(32)26-21)14-9-17(29-2)20(31-4)18(10-14)30-3/h5-10,12H,1-4H3,(H2,25,26,27,32)/b24-12+. The smallest absolute Gasteiger partial charge is 0.203 e. The van der Waals surface area contributed by atoms with Crippen LogP contribution in [0.4, 0.5) is 5.82 Å². The van der Waals surface area contributed by atoms with Gasteiger partial charge in [-0.15, -0.1) is 0 Å². The van der Waals surface area contributed by atoms with Crippen molar-refractivity contribution in [2.45, 2.75) is 0 Å². The van der Waals surface area contributed by atoms with E-state index in [0.717, 1.165) is 5.56 Å². The second kappa shape index (κ2) is 10.3. The number of rotatable bonds is 8. The third-order valence-corrected chi connectivity index (χ3v) is 4.70. The Labute approximate surface area is 190 Å². The highest BCUT2D eigenvalue weighted by atomic mass is 32.1. The zero-order chi connectivity index (χ0) is 23.1. The fourth-order valence-electron chi connectivity index (χ4n) is 3.04. The molecule has 0 aliphatic carbocycles. The van der Waals surface area contributed by atoms with Crippen LogP contribution in [0.3, 0.4) is 0 Å².